The van der Waals surface area contributed by atoms with Crippen LogP contribution in [0.3, 0.4) is 0 Å². The lowest BCUT2D eigenvalue weighted by molar-refractivity contribution is -0.894. The van der Waals surface area contributed by atoms with Gasteiger partial charge in [0.15, 0.2) is 5.13 Å². The van der Waals surface area contributed by atoms with Gasteiger partial charge in [-0.25, -0.2) is 4.98 Å². The summed E-state index contributed by atoms with van der Waals surface area (Å²) >= 11 is 1.52. The van der Waals surface area contributed by atoms with Crippen molar-refractivity contribution in [2.45, 2.75) is 20.8 Å². The van der Waals surface area contributed by atoms with E-state index < -0.39 is 0 Å². The molecule has 0 saturated carbocycles. The summed E-state index contributed by atoms with van der Waals surface area (Å²) in [5.74, 6) is 1.43. The molecule has 0 fully saturated rings. The van der Waals surface area contributed by atoms with E-state index >= 15 is 0 Å². The van der Waals surface area contributed by atoms with Crippen LogP contribution in [0.5, 0.6) is 11.5 Å². The maximum atomic E-state index is 13.4. The molecule has 0 unspecified atom stereocenters. The number of carbonyl (C=O) groups excluding carboxylic acids is 1. The summed E-state index contributed by atoms with van der Waals surface area (Å²) in [5.41, 5.74) is 1.43. The van der Waals surface area contributed by atoms with Gasteiger partial charge in [-0.2, -0.15) is 0 Å². The Labute approximate surface area is 182 Å². The van der Waals surface area contributed by atoms with Crippen molar-refractivity contribution in [2.75, 3.05) is 44.8 Å². The Kier molecular flexibility index (Phi) is 7.65. The van der Waals surface area contributed by atoms with E-state index in [4.69, 9.17) is 14.5 Å². The third kappa shape index (κ3) is 4.91. The van der Waals surface area contributed by atoms with Crippen molar-refractivity contribution in [1.29, 1.82) is 0 Å². The van der Waals surface area contributed by atoms with Gasteiger partial charge in [0.05, 0.1) is 44.6 Å². The molecule has 3 rings (SSSR count). The second-order valence-corrected chi connectivity index (χ2v) is 7.93. The number of carbonyl (C=O) groups is 1. The van der Waals surface area contributed by atoms with Gasteiger partial charge in [-0.05, 0) is 57.2 Å². The van der Waals surface area contributed by atoms with E-state index in [-0.39, 0.29) is 5.91 Å². The number of rotatable bonds is 10. The predicted molar refractivity (Wildman–Crippen MR) is 122 cm³/mol. The molecule has 7 heteroatoms. The molecule has 3 aromatic rings. The van der Waals surface area contributed by atoms with E-state index in [0.29, 0.717) is 23.8 Å². The van der Waals surface area contributed by atoms with Gasteiger partial charge in [0.2, 0.25) is 0 Å². The van der Waals surface area contributed by atoms with E-state index in [2.05, 4.69) is 13.8 Å². The van der Waals surface area contributed by atoms with Crippen molar-refractivity contribution in [3.05, 3.63) is 48.0 Å². The highest BCUT2D eigenvalue weighted by atomic mass is 32.1. The third-order valence-corrected chi connectivity index (χ3v) is 6.22. The summed E-state index contributed by atoms with van der Waals surface area (Å²) in [7, 11) is 1.62. The molecule has 0 aliphatic rings. The summed E-state index contributed by atoms with van der Waals surface area (Å²) in [6.07, 6.45) is 0. The Morgan fingerprint density at radius 3 is 2.47 bits per heavy atom. The zero-order valence-corrected chi connectivity index (χ0v) is 18.9. The number of ether oxygens (including phenoxy) is 2. The first-order chi connectivity index (χ1) is 14.6. The first-order valence-corrected chi connectivity index (χ1v) is 11.2. The lowest BCUT2D eigenvalue weighted by atomic mass is 10.2. The number of benzene rings is 2. The van der Waals surface area contributed by atoms with Crippen molar-refractivity contribution >= 4 is 32.6 Å². The van der Waals surface area contributed by atoms with E-state index in [0.717, 1.165) is 41.3 Å². The number of anilines is 1. The summed E-state index contributed by atoms with van der Waals surface area (Å²) in [5, 5.41) is 0.699. The van der Waals surface area contributed by atoms with Crippen LogP contribution in [0, 0.1) is 0 Å². The minimum atomic E-state index is -0.0544. The summed E-state index contributed by atoms with van der Waals surface area (Å²) in [4.78, 5) is 21.5. The van der Waals surface area contributed by atoms with Gasteiger partial charge in [-0.1, -0.05) is 17.4 Å². The minimum absolute atomic E-state index is 0.0544. The monoisotopic (exact) mass is 428 g/mol. The Morgan fingerprint density at radius 2 is 1.83 bits per heavy atom. The molecule has 1 N–H and O–H groups in total. The molecular formula is C23H30N3O3S+. The highest BCUT2D eigenvalue weighted by Gasteiger charge is 2.23. The maximum absolute atomic E-state index is 13.4. The Morgan fingerprint density at radius 1 is 1.10 bits per heavy atom. The molecule has 0 saturated heterocycles. The molecule has 0 spiro atoms. The number of hydrogen-bond donors (Lipinski definition) is 1. The molecule has 0 bridgehead atoms. The average Bonchev–Trinajstić information content (AvgIpc) is 3.21. The standard InChI is InChI=1S/C23H29N3O3S/c1-5-25(6-2)15-16-26(22(27)17-11-13-18(28-4)14-12-17)23-24-21-19(29-7-3)9-8-10-20(21)30-23/h8-14H,5-7,15-16H2,1-4H3/p+1. The Bertz CT molecular complexity index is 967. The molecule has 0 aliphatic carbocycles. The fraction of sp³-hybridized carbons (Fsp3) is 0.391. The van der Waals surface area contributed by atoms with Crippen LogP contribution in [-0.2, 0) is 0 Å². The zero-order valence-electron chi connectivity index (χ0n) is 18.1. The SMILES string of the molecule is CCOc1cccc2sc(N(CC[NH+](CC)CC)C(=O)c3ccc(OC)cc3)nc12. The van der Waals surface area contributed by atoms with Crippen LogP contribution < -0.4 is 19.3 Å². The first-order valence-electron chi connectivity index (χ1n) is 10.4. The number of likely N-dealkylation sites (N-methyl/N-ethyl adjacent to an activating group) is 1. The van der Waals surface area contributed by atoms with Crippen LogP contribution in [0.2, 0.25) is 0 Å². The number of methoxy groups -OCH3 is 1. The molecule has 160 valence electrons. The number of quaternary nitrogens is 1. The second kappa shape index (κ2) is 10.4. The predicted octanol–water partition coefficient (Wildman–Crippen LogP) is 3.28. The number of amides is 1. The number of hydrogen-bond acceptors (Lipinski definition) is 5. The van der Waals surface area contributed by atoms with Crippen LogP contribution in [-0.4, -0.2) is 50.8 Å². The number of fused-ring (bicyclic) bond motifs is 1. The van der Waals surface area contributed by atoms with Gasteiger partial charge in [-0.15, -0.1) is 0 Å². The topological polar surface area (TPSA) is 56.1 Å². The van der Waals surface area contributed by atoms with Crippen molar-refractivity contribution in [2.24, 2.45) is 0 Å². The fourth-order valence-electron chi connectivity index (χ4n) is 3.35. The van der Waals surface area contributed by atoms with Crippen LogP contribution in [0.15, 0.2) is 42.5 Å². The van der Waals surface area contributed by atoms with Crippen LogP contribution in [0.1, 0.15) is 31.1 Å². The minimum Gasteiger partial charge on any atom is -0.497 e. The average molecular weight is 429 g/mol. The van der Waals surface area contributed by atoms with Gasteiger partial charge < -0.3 is 14.4 Å². The highest BCUT2D eigenvalue weighted by molar-refractivity contribution is 7.22. The molecule has 0 atom stereocenters. The van der Waals surface area contributed by atoms with Crippen molar-refractivity contribution in [1.82, 2.24) is 4.98 Å². The number of nitrogens with one attached hydrogen (secondary N) is 1. The first kappa shape index (κ1) is 22.1. The van der Waals surface area contributed by atoms with E-state index in [9.17, 15) is 4.79 Å². The van der Waals surface area contributed by atoms with Crippen LogP contribution >= 0.6 is 11.3 Å². The summed E-state index contributed by atoms with van der Waals surface area (Å²) < 4.78 is 12.0. The normalized spacial score (nSPS) is 11.1. The van der Waals surface area contributed by atoms with E-state index in [1.54, 1.807) is 24.1 Å². The van der Waals surface area contributed by atoms with Crippen molar-refractivity contribution in [3.8, 4) is 11.5 Å². The molecule has 1 heterocycles. The zero-order chi connectivity index (χ0) is 21.5. The maximum Gasteiger partial charge on any atom is 0.260 e. The van der Waals surface area contributed by atoms with Gasteiger partial charge in [0.25, 0.3) is 5.91 Å². The largest absolute Gasteiger partial charge is 0.497 e. The number of aromatic nitrogens is 1. The molecule has 30 heavy (non-hydrogen) atoms. The van der Waals surface area contributed by atoms with Crippen LogP contribution in [0.25, 0.3) is 10.2 Å². The van der Waals surface area contributed by atoms with Gasteiger partial charge in [0, 0.05) is 5.56 Å². The number of nitrogens with zero attached hydrogens (tertiary/aromatic N) is 2. The van der Waals surface area contributed by atoms with E-state index in [1.165, 1.54) is 16.2 Å². The highest BCUT2D eigenvalue weighted by Crippen LogP contribution is 2.34. The number of thiazole rings is 1. The van der Waals surface area contributed by atoms with Gasteiger partial charge in [-0.3, -0.25) is 9.69 Å². The molecule has 1 amide bonds. The summed E-state index contributed by atoms with van der Waals surface area (Å²) in [6.45, 7) is 10.4. The second-order valence-electron chi connectivity index (χ2n) is 6.92. The fourth-order valence-corrected chi connectivity index (χ4v) is 4.35. The quantitative estimate of drug-likeness (QED) is 0.539. The molecule has 2 aromatic carbocycles. The molecule has 1 aromatic heterocycles. The van der Waals surface area contributed by atoms with Crippen molar-refractivity contribution in [3.63, 3.8) is 0 Å². The Hall–Kier alpha value is -2.64. The molecular weight excluding hydrogens is 398 g/mol. The van der Waals surface area contributed by atoms with E-state index in [1.807, 2.05) is 37.3 Å². The Balaban J connectivity index is 1.96. The molecule has 0 aliphatic heterocycles. The summed E-state index contributed by atoms with van der Waals surface area (Å²) in [6, 6.07) is 13.1. The van der Waals surface area contributed by atoms with Crippen LogP contribution in [0.4, 0.5) is 5.13 Å². The number of para-hydroxylation sites is 1. The lowest BCUT2D eigenvalue weighted by Crippen LogP contribution is -3.12. The lowest BCUT2D eigenvalue weighted by Gasteiger charge is -2.23. The van der Waals surface area contributed by atoms with Gasteiger partial charge in [0.1, 0.15) is 17.0 Å². The molecule has 6 nitrogen and oxygen atoms in total. The third-order valence-electron chi connectivity index (χ3n) is 5.17. The van der Waals surface area contributed by atoms with Gasteiger partial charge >= 0.3 is 0 Å². The smallest absolute Gasteiger partial charge is 0.260 e. The van der Waals surface area contributed by atoms with Crippen molar-refractivity contribution < 1.29 is 19.2 Å². The molecule has 0 radical (unpaired) electrons.